The first-order valence-corrected chi connectivity index (χ1v) is 12.8. The molecule has 3 unspecified atom stereocenters. The van der Waals surface area contributed by atoms with Crippen LogP contribution in [0.1, 0.15) is 82.4 Å². The molecule has 1 aliphatic heterocycles. The van der Waals surface area contributed by atoms with Crippen molar-refractivity contribution in [3.63, 3.8) is 0 Å². The summed E-state index contributed by atoms with van der Waals surface area (Å²) < 4.78 is 5.39. The van der Waals surface area contributed by atoms with E-state index in [-0.39, 0.29) is 17.4 Å². The summed E-state index contributed by atoms with van der Waals surface area (Å²) in [5.41, 5.74) is 0.277. The highest BCUT2D eigenvalue weighted by atomic mass is 16.3. The van der Waals surface area contributed by atoms with Crippen molar-refractivity contribution in [3.05, 3.63) is 35.9 Å². The minimum atomic E-state index is -0.235. The number of hydrogen-bond donors (Lipinski definition) is 2. The Balaban J connectivity index is 1.66. The first-order chi connectivity index (χ1) is 16.2. The van der Waals surface area contributed by atoms with Crippen LogP contribution in [0, 0.1) is 17.8 Å². The second-order valence-electron chi connectivity index (χ2n) is 11.3. The molecule has 0 bridgehead atoms. The fourth-order valence-electron chi connectivity index (χ4n) is 5.36. The van der Waals surface area contributed by atoms with E-state index in [1.165, 1.54) is 25.7 Å². The van der Waals surface area contributed by atoms with E-state index < -0.39 is 0 Å². The van der Waals surface area contributed by atoms with Gasteiger partial charge in [-0.05, 0) is 37.1 Å². The first kappa shape index (κ1) is 24.6. The van der Waals surface area contributed by atoms with Gasteiger partial charge in [0.2, 0.25) is 5.89 Å². The number of piperidine rings is 1. The zero-order chi connectivity index (χ0) is 24.3. The SMILES string of the molecule is CC(C)CN(C(=O)c1cnc(C(C)(C)C)nc1NCc1ncco1)C1CNCC2CCCCC21. The van der Waals surface area contributed by atoms with Gasteiger partial charge in [0.25, 0.3) is 5.91 Å². The van der Waals surface area contributed by atoms with E-state index in [4.69, 9.17) is 9.40 Å². The molecule has 8 heteroatoms. The predicted molar refractivity (Wildman–Crippen MR) is 133 cm³/mol. The van der Waals surface area contributed by atoms with Crippen LogP contribution in [0.15, 0.2) is 23.1 Å². The monoisotopic (exact) mass is 468 g/mol. The van der Waals surface area contributed by atoms with Crippen molar-refractivity contribution in [2.24, 2.45) is 17.8 Å². The van der Waals surface area contributed by atoms with E-state index in [9.17, 15) is 4.79 Å². The lowest BCUT2D eigenvalue weighted by atomic mass is 9.72. The molecule has 2 N–H and O–H groups in total. The number of hydrogen-bond acceptors (Lipinski definition) is 7. The summed E-state index contributed by atoms with van der Waals surface area (Å²) >= 11 is 0. The number of nitrogens with one attached hydrogen (secondary N) is 2. The van der Waals surface area contributed by atoms with E-state index >= 15 is 0 Å². The Kier molecular flexibility index (Phi) is 7.55. The van der Waals surface area contributed by atoms with Gasteiger partial charge in [-0.3, -0.25) is 4.79 Å². The van der Waals surface area contributed by atoms with Crippen LogP contribution in [0.25, 0.3) is 0 Å². The number of aromatic nitrogens is 3. The van der Waals surface area contributed by atoms with Crippen LogP contribution in [0.3, 0.4) is 0 Å². The van der Waals surface area contributed by atoms with E-state index in [2.05, 4.69) is 60.1 Å². The van der Waals surface area contributed by atoms with Gasteiger partial charge in [0.1, 0.15) is 23.5 Å². The van der Waals surface area contributed by atoms with Gasteiger partial charge in [-0.15, -0.1) is 0 Å². The number of rotatable bonds is 7. The van der Waals surface area contributed by atoms with Crippen molar-refractivity contribution < 1.29 is 9.21 Å². The van der Waals surface area contributed by atoms with E-state index in [0.29, 0.717) is 53.9 Å². The Morgan fingerprint density at radius 1 is 1.24 bits per heavy atom. The maximum Gasteiger partial charge on any atom is 0.259 e. The molecule has 0 aromatic carbocycles. The van der Waals surface area contributed by atoms with Crippen molar-refractivity contribution in [2.75, 3.05) is 25.0 Å². The summed E-state index contributed by atoms with van der Waals surface area (Å²) in [7, 11) is 0. The summed E-state index contributed by atoms with van der Waals surface area (Å²) in [5, 5.41) is 6.93. The average molecular weight is 469 g/mol. The number of anilines is 1. The molecule has 8 nitrogen and oxygen atoms in total. The topological polar surface area (TPSA) is 96.2 Å². The number of oxazole rings is 1. The molecule has 1 saturated carbocycles. The average Bonchev–Trinajstić information content (AvgIpc) is 3.33. The van der Waals surface area contributed by atoms with Crippen molar-refractivity contribution in [2.45, 2.75) is 78.3 Å². The molecule has 0 radical (unpaired) electrons. The summed E-state index contributed by atoms with van der Waals surface area (Å²) in [4.78, 5) is 29.8. The number of carbonyl (C=O) groups is 1. The standard InChI is InChI=1S/C26H40N6O2/c1-17(2)16-32(21-14-27-12-18-8-6-7-9-19(18)21)24(33)20-13-30-25(26(3,4)5)31-23(20)29-15-22-28-10-11-34-22/h10-11,13,17-19,21,27H,6-9,12,14-16H2,1-5H3,(H,29,30,31). The van der Waals surface area contributed by atoms with Crippen molar-refractivity contribution in [1.82, 2.24) is 25.2 Å². The minimum absolute atomic E-state index is 0.00193. The van der Waals surface area contributed by atoms with E-state index in [0.717, 1.165) is 13.1 Å². The Morgan fingerprint density at radius 3 is 2.74 bits per heavy atom. The van der Waals surface area contributed by atoms with Gasteiger partial charge in [-0.2, -0.15) is 0 Å². The van der Waals surface area contributed by atoms with Crippen LogP contribution >= 0.6 is 0 Å². The molecule has 2 fully saturated rings. The zero-order valence-corrected chi connectivity index (χ0v) is 21.3. The van der Waals surface area contributed by atoms with Crippen LogP contribution in [0.2, 0.25) is 0 Å². The highest BCUT2D eigenvalue weighted by molar-refractivity contribution is 5.98. The van der Waals surface area contributed by atoms with Gasteiger partial charge in [-0.25, -0.2) is 15.0 Å². The van der Waals surface area contributed by atoms with Crippen LogP contribution in [0.5, 0.6) is 0 Å². The second-order valence-corrected chi connectivity index (χ2v) is 11.3. The molecule has 186 valence electrons. The lowest BCUT2D eigenvalue weighted by molar-refractivity contribution is 0.0333. The molecule has 1 saturated heterocycles. The smallest absolute Gasteiger partial charge is 0.259 e. The van der Waals surface area contributed by atoms with Gasteiger partial charge < -0.3 is 20.0 Å². The van der Waals surface area contributed by atoms with Crippen LogP contribution < -0.4 is 10.6 Å². The lowest BCUT2D eigenvalue weighted by Crippen LogP contribution is -2.58. The van der Waals surface area contributed by atoms with Crippen molar-refractivity contribution in [3.8, 4) is 0 Å². The molecule has 0 spiro atoms. The Morgan fingerprint density at radius 2 is 2.03 bits per heavy atom. The highest BCUT2D eigenvalue weighted by Crippen LogP contribution is 2.37. The summed E-state index contributed by atoms with van der Waals surface area (Å²) in [6, 6.07) is 0.191. The Bertz CT molecular complexity index is 951. The second kappa shape index (κ2) is 10.4. The minimum Gasteiger partial charge on any atom is -0.447 e. The molecule has 34 heavy (non-hydrogen) atoms. The highest BCUT2D eigenvalue weighted by Gasteiger charge is 2.40. The lowest BCUT2D eigenvalue weighted by Gasteiger charge is -2.47. The maximum atomic E-state index is 14.1. The molecule has 2 aromatic heterocycles. The molecule has 1 amide bonds. The van der Waals surface area contributed by atoms with Crippen LogP contribution in [-0.2, 0) is 12.0 Å². The van der Waals surface area contributed by atoms with Crippen molar-refractivity contribution >= 4 is 11.7 Å². The van der Waals surface area contributed by atoms with Crippen LogP contribution in [-0.4, -0.2) is 51.4 Å². The molecule has 2 aliphatic rings. The predicted octanol–water partition coefficient (Wildman–Crippen LogP) is 4.25. The summed E-state index contributed by atoms with van der Waals surface area (Å²) in [6.45, 7) is 13.6. The molecule has 1 aliphatic carbocycles. The quantitative estimate of drug-likeness (QED) is 0.627. The van der Waals surface area contributed by atoms with E-state index in [1.54, 1.807) is 18.7 Å². The normalized spacial score (nSPS) is 22.9. The van der Waals surface area contributed by atoms with Gasteiger partial charge in [0.05, 0.1) is 12.7 Å². The largest absolute Gasteiger partial charge is 0.447 e. The van der Waals surface area contributed by atoms with Gasteiger partial charge in [0, 0.05) is 30.7 Å². The Labute approximate surface area is 203 Å². The Hall–Kier alpha value is -2.48. The number of carbonyl (C=O) groups excluding carboxylic acids is 1. The van der Waals surface area contributed by atoms with Crippen molar-refractivity contribution in [1.29, 1.82) is 0 Å². The first-order valence-electron chi connectivity index (χ1n) is 12.8. The molecule has 2 aromatic rings. The zero-order valence-electron chi connectivity index (χ0n) is 21.3. The third-order valence-electron chi connectivity index (χ3n) is 7.03. The van der Waals surface area contributed by atoms with Crippen LogP contribution in [0.4, 0.5) is 5.82 Å². The molecular formula is C26H40N6O2. The van der Waals surface area contributed by atoms with E-state index in [1.807, 2.05) is 0 Å². The van der Waals surface area contributed by atoms with Gasteiger partial charge in [-0.1, -0.05) is 47.5 Å². The number of nitrogens with zero attached hydrogens (tertiary/aromatic N) is 4. The number of amides is 1. The third-order valence-corrected chi connectivity index (χ3v) is 7.03. The summed E-state index contributed by atoms with van der Waals surface area (Å²) in [5.74, 6) is 3.36. The third kappa shape index (κ3) is 5.59. The maximum absolute atomic E-state index is 14.1. The fraction of sp³-hybridized carbons (Fsp3) is 0.692. The molecule has 3 atom stereocenters. The number of fused-ring (bicyclic) bond motifs is 1. The van der Waals surface area contributed by atoms with Gasteiger partial charge >= 0.3 is 0 Å². The molecular weight excluding hydrogens is 428 g/mol. The van der Waals surface area contributed by atoms with Gasteiger partial charge in [0.15, 0.2) is 0 Å². The fourth-order valence-corrected chi connectivity index (χ4v) is 5.36. The molecule has 4 rings (SSSR count). The molecule has 3 heterocycles. The summed E-state index contributed by atoms with van der Waals surface area (Å²) in [6.07, 6.45) is 9.88.